The van der Waals surface area contributed by atoms with Gasteiger partial charge in [-0.15, -0.1) is 0 Å². The van der Waals surface area contributed by atoms with Gasteiger partial charge < -0.3 is 5.32 Å². The molecular formula is C15H20BrF2NS. The van der Waals surface area contributed by atoms with E-state index in [2.05, 4.69) is 28.2 Å². The molecule has 1 aromatic carbocycles. The molecule has 1 nitrogen and oxygen atoms in total. The second-order valence-electron chi connectivity index (χ2n) is 5.40. The molecule has 20 heavy (non-hydrogen) atoms. The van der Waals surface area contributed by atoms with Crippen molar-refractivity contribution >= 4 is 27.7 Å². The molecule has 2 unspecified atom stereocenters. The summed E-state index contributed by atoms with van der Waals surface area (Å²) in [5.41, 5.74) is 0.180. The van der Waals surface area contributed by atoms with Crippen molar-refractivity contribution in [1.29, 1.82) is 0 Å². The normalized spacial score (nSPS) is 24.1. The predicted octanol–water partition coefficient (Wildman–Crippen LogP) is 4.53. The summed E-state index contributed by atoms with van der Waals surface area (Å²) in [6, 6.07) is 2.83. The maximum absolute atomic E-state index is 14.2. The van der Waals surface area contributed by atoms with E-state index in [0.29, 0.717) is 10.9 Å². The van der Waals surface area contributed by atoms with Crippen LogP contribution in [0.15, 0.2) is 16.6 Å². The third-order valence-corrected chi connectivity index (χ3v) is 6.24. The molecule has 112 valence electrons. The summed E-state index contributed by atoms with van der Waals surface area (Å²) >= 11 is 5.05. The first-order valence-electron chi connectivity index (χ1n) is 6.97. The van der Waals surface area contributed by atoms with Crippen LogP contribution in [-0.4, -0.2) is 23.1 Å². The van der Waals surface area contributed by atoms with Crippen LogP contribution in [-0.2, 0) is 6.42 Å². The quantitative estimate of drug-likeness (QED) is 0.771. The molecule has 2 atom stereocenters. The van der Waals surface area contributed by atoms with E-state index in [4.69, 9.17) is 0 Å². The molecule has 1 aliphatic rings. The van der Waals surface area contributed by atoms with Gasteiger partial charge in [-0.05, 0) is 66.5 Å². The molecule has 0 amide bonds. The van der Waals surface area contributed by atoms with Crippen molar-refractivity contribution in [2.45, 2.75) is 43.9 Å². The van der Waals surface area contributed by atoms with Crippen LogP contribution in [0.2, 0.25) is 0 Å². The Bertz CT molecular complexity index is 475. The van der Waals surface area contributed by atoms with Crippen LogP contribution in [0.5, 0.6) is 0 Å². The van der Waals surface area contributed by atoms with Crippen LogP contribution in [0.1, 0.15) is 32.3 Å². The third kappa shape index (κ3) is 3.37. The highest BCUT2D eigenvalue weighted by Crippen LogP contribution is 2.41. The van der Waals surface area contributed by atoms with Crippen molar-refractivity contribution in [3.8, 4) is 0 Å². The minimum Gasteiger partial charge on any atom is -0.313 e. The van der Waals surface area contributed by atoms with Crippen molar-refractivity contribution in [1.82, 2.24) is 5.32 Å². The number of halogens is 3. The lowest BCUT2D eigenvalue weighted by Gasteiger charge is -2.34. The van der Waals surface area contributed by atoms with Gasteiger partial charge in [0.2, 0.25) is 0 Å². The lowest BCUT2D eigenvalue weighted by atomic mass is 9.90. The molecule has 5 heteroatoms. The van der Waals surface area contributed by atoms with E-state index in [1.54, 1.807) is 0 Å². The number of hydrogen-bond acceptors (Lipinski definition) is 2. The Hall–Kier alpha value is -0.130. The van der Waals surface area contributed by atoms with Gasteiger partial charge >= 0.3 is 0 Å². The lowest BCUT2D eigenvalue weighted by molar-refractivity contribution is 0.394. The fourth-order valence-electron chi connectivity index (χ4n) is 2.79. The van der Waals surface area contributed by atoms with E-state index in [-0.39, 0.29) is 16.4 Å². The molecule has 1 aromatic rings. The van der Waals surface area contributed by atoms with Crippen LogP contribution in [0.3, 0.4) is 0 Å². The minimum atomic E-state index is -0.473. The van der Waals surface area contributed by atoms with Crippen LogP contribution in [0.25, 0.3) is 0 Å². The molecule has 1 aliphatic heterocycles. The van der Waals surface area contributed by atoms with Gasteiger partial charge in [0.15, 0.2) is 0 Å². The molecule has 1 N–H and O–H groups in total. The summed E-state index contributed by atoms with van der Waals surface area (Å²) in [7, 11) is 0. The number of likely N-dealkylation sites (N-methyl/N-ethyl adjacent to an activating group) is 1. The number of hydrogen-bond donors (Lipinski definition) is 1. The Morgan fingerprint density at radius 1 is 1.45 bits per heavy atom. The summed E-state index contributed by atoms with van der Waals surface area (Å²) in [5.74, 6) is 0.196. The number of nitrogens with one attached hydrogen (secondary N) is 1. The van der Waals surface area contributed by atoms with Gasteiger partial charge in [0.25, 0.3) is 0 Å². The fraction of sp³-hybridized carbons (Fsp3) is 0.600. The van der Waals surface area contributed by atoms with Crippen molar-refractivity contribution < 1.29 is 8.78 Å². The molecule has 1 saturated heterocycles. The minimum absolute atomic E-state index is 0.0528. The predicted molar refractivity (Wildman–Crippen MR) is 85.3 cm³/mol. The summed E-state index contributed by atoms with van der Waals surface area (Å²) in [4.78, 5) is 0. The third-order valence-electron chi connectivity index (χ3n) is 3.98. The second-order valence-corrected chi connectivity index (χ2v) is 7.88. The van der Waals surface area contributed by atoms with Gasteiger partial charge in [0, 0.05) is 16.4 Å². The Balaban J connectivity index is 2.27. The average molecular weight is 364 g/mol. The number of rotatable bonds is 5. The van der Waals surface area contributed by atoms with Crippen molar-refractivity contribution in [2.24, 2.45) is 0 Å². The van der Waals surface area contributed by atoms with E-state index in [1.165, 1.54) is 18.6 Å². The summed E-state index contributed by atoms with van der Waals surface area (Å²) in [6.07, 6.45) is 2.65. The molecule has 0 radical (unpaired) electrons. The van der Waals surface area contributed by atoms with Crippen LogP contribution >= 0.6 is 27.7 Å². The first-order valence-corrected chi connectivity index (χ1v) is 8.75. The van der Waals surface area contributed by atoms with Crippen LogP contribution in [0, 0.1) is 11.6 Å². The smallest absolute Gasteiger partial charge is 0.143 e. The highest BCUT2D eigenvalue weighted by atomic mass is 79.9. The molecule has 0 saturated carbocycles. The van der Waals surface area contributed by atoms with Gasteiger partial charge in [0.1, 0.15) is 11.6 Å². The van der Waals surface area contributed by atoms with Gasteiger partial charge in [-0.1, -0.05) is 6.92 Å². The maximum Gasteiger partial charge on any atom is 0.143 e. The van der Waals surface area contributed by atoms with E-state index < -0.39 is 11.6 Å². The van der Waals surface area contributed by atoms with Crippen molar-refractivity contribution in [3.63, 3.8) is 0 Å². The zero-order chi connectivity index (χ0) is 14.8. The zero-order valence-electron chi connectivity index (χ0n) is 11.8. The SMILES string of the molecule is CCNC(Cc1c(F)ccc(Br)c1F)C1(C)CCCS1. The summed E-state index contributed by atoms with van der Waals surface area (Å²) in [6.45, 7) is 5.04. The first kappa shape index (κ1) is 16.2. The Kier molecular flexibility index (Phi) is 5.49. The Morgan fingerprint density at radius 2 is 2.20 bits per heavy atom. The summed E-state index contributed by atoms with van der Waals surface area (Å²) in [5, 5.41) is 3.42. The van der Waals surface area contributed by atoms with Crippen molar-refractivity contribution in [3.05, 3.63) is 33.8 Å². The second kappa shape index (κ2) is 6.75. The number of benzene rings is 1. The summed E-state index contributed by atoms with van der Waals surface area (Å²) < 4.78 is 28.5. The van der Waals surface area contributed by atoms with Gasteiger partial charge in [-0.3, -0.25) is 0 Å². The Labute approximate surface area is 132 Å². The molecule has 0 bridgehead atoms. The van der Waals surface area contributed by atoms with E-state index in [9.17, 15) is 8.78 Å². The highest BCUT2D eigenvalue weighted by molar-refractivity contribution is 9.10. The monoisotopic (exact) mass is 363 g/mol. The highest BCUT2D eigenvalue weighted by Gasteiger charge is 2.38. The standard InChI is InChI=1S/C15H20BrF2NS/c1-3-19-13(15(2)7-4-8-20-15)9-10-12(17)6-5-11(16)14(10)18/h5-6,13,19H,3-4,7-9H2,1-2H3. The topological polar surface area (TPSA) is 12.0 Å². The van der Waals surface area contributed by atoms with E-state index in [0.717, 1.165) is 18.7 Å². The lowest BCUT2D eigenvalue weighted by Crippen LogP contribution is -2.47. The van der Waals surface area contributed by atoms with Gasteiger partial charge in [-0.25, -0.2) is 8.78 Å². The van der Waals surface area contributed by atoms with Crippen molar-refractivity contribution in [2.75, 3.05) is 12.3 Å². The maximum atomic E-state index is 14.2. The van der Waals surface area contributed by atoms with E-state index in [1.807, 2.05) is 18.7 Å². The molecule has 2 rings (SSSR count). The molecule has 1 fully saturated rings. The average Bonchev–Trinajstić information content (AvgIpc) is 2.86. The largest absolute Gasteiger partial charge is 0.313 e. The van der Waals surface area contributed by atoms with Gasteiger partial charge in [-0.2, -0.15) is 11.8 Å². The Morgan fingerprint density at radius 3 is 2.80 bits per heavy atom. The van der Waals surface area contributed by atoms with Crippen LogP contribution in [0.4, 0.5) is 8.78 Å². The molecular weight excluding hydrogens is 344 g/mol. The van der Waals surface area contributed by atoms with Gasteiger partial charge in [0.05, 0.1) is 4.47 Å². The number of thioether (sulfide) groups is 1. The van der Waals surface area contributed by atoms with E-state index >= 15 is 0 Å². The molecule has 0 aromatic heterocycles. The first-order chi connectivity index (χ1) is 9.48. The molecule has 1 heterocycles. The zero-order valence-corrected chi connectivity index (χ0v) is 14.2. The van der Waals surface area contributed by atoms with Crippen LogP contribution < -0.4 is 5.32 Å². The molecule has 0 aliphatic carbocycles. The fourth-order valence-corrected chi connectivity index (χ4v) is 4.57. The molecule has 0 spiro atoms.